The third kappa shape index (κ3) is 3.97. The summed E-state index contributed by atoms with van der Waals surface area (Å²) in [6, 6.07) is 3.18. The summed E-state index contributed by atoms with van der Waals surface area (Å²) in [6.07, 6.45) is 3.15. The molecule has 0 fully saturated rings. The van der Waals surface area contributed by atoms with Crippen LogP contribution < -0.4 is 15.0 Å². The first-order valence-electron chi connectivity index (χ1n) is 5.54. The van der Waals surface area contributed by atoms with Crippen LogP contribution in [0.3, 0.4) is 0 Å². The highest BCUT2D eigenvalue weighted by Crippen LogP contribution is 2.29. The summed E-state index contributed by atoms with van der Waals surface area (Å²) in [5.41, 5.74) is -0.474. The number of hydrogen-bond acceptors (Lipinski definition) is 5. The molecule has 1 aliphatic heterocycles. The van der Waals surface area contributed by atoms with E-state index in [1.807, 2.05) is 6.07 Å². The van der Waals surface area contributed by atoms with Crippen molar-refractivity contribution >= 4 is 31.9 Å². The third-order valence-electron chi connectivity index (χ3n) is 2.21. The van der Waals surface area contributed by atoms with Crippen molar-refractivity contribution in [3.8, 4) is 17.4 Å². The molecule has 0 radical (unpaired) electrons. The van der Waals surface area contributed by atoms with E-state index in [1.54, 1.807) is 6.20 Å². The van der Waals surface area contributed by atoms with E-state index < -0.39 is 5.56 Å². The number of hydrogen-bond donors (Lipinski definition) is 2. The van der Waals surface area contributed by atoms with Crippen molar-refractivity contribution in [2.45, 2.75) is 0 Å². The van der Waals surface area contributed by atoms with E-state index in [0.717, 1.165) is 4.47 Å². The van der Waals surface area contributed by atoms with Crippen molar-refractivity contribution in [2.75, 3.05) is 13.2 Å². The maximum absolute atomic E-state index is 10.4. The molecule has 1 aliphatic rings. The van der Waals surface area contributed by atoms with Crippen LogP contribution in [0, 0.1) is 0 Å². The standard InChI is InChI=1S/C7H6BrNO2.C5H4BrNO2/c8-5-3-6-7(9-4-5)11-2-1-10-6;6-3-1-4(8)5(9)7-2-3/h3-4H,1-2H2;1-2,8H,(H,7,9). The summed E-state index contributed by atoms with van der Waals surface area (Å²) >= 11 is 6.36. The zero-order valence-electron chi connectivity index (χ0n) is 10.1. The minimum absolute atomic E-state index is 0.274. The number of nitrogens with zero attached hydrogens (tertiary/aromatic N) is 1. The molecule has 8 heteroatoms. The second kappa shape index (κ2) is 6.76. The van der Waals surface area contributed by atoms with Crippen LogP contribution in [0.25, 0.3) is 0 Å². The van der Waals surface area contributed by atoms with Gasteiger partial charge in [0.25, 0.3) is 11.4 Å². The van der Waals surface area contributed by atoms with Gasteiger partial charge in [-0.25, -0.2) is 4.98 Å². The molecule has 6 nitrogen and oxygen atoms in total. The van der Waals surface area contributed by atoms with E-state index in [-0.39, 0.29) is 5.75 Å². The number of H-pyrrole nitrogens is 1. The summed E-state index contributed by atoms with van der Waals surface area (Å²) in [5, 5.41) is 8.73. The monoisotopic (exact) mass is 404 g/mol. The Hall–Kier alpha value is -1.54. The molecule has 3 rings (SSSR count). The molecule has 106 valence electrons. The lowest BCUT2D eigenvalue weighted by atomic mass is 10.4. The van der Waals surface area contributed by atoms with Crippen LogP contribution in [0.1, 0.15) is 0 Å². The maximum atomic E-state index is 10.4. The minimum Gasteiger partial charge on any atom is -0.503 e. The zero-order valence-corrected chi connectivity index (χ0v) is 13.3. The van der Waals surface area contributed by atoms with Gasteiger partial charge in [0.2, 0.25) is 0 Å². The molecule has 0 aliphatic carbocycles. The number of fused-ring (bicyclic) bond motifs is 1. The van der Waals surface area contributed by atoms with Gasteiger partial charge in [-0.15, -0.1) is 0 Å². The molecule has 0 amide bonds. The third-order valence-corrected chi connectivity index (χ3v) is 3.10. The van der Waals surface area contributed by atoms with Crippen LogP contribution in [0.15, 0.2) is 38.3 Å². The van der Waals surface area contributed by atoms with Gasteiger partial charge in [0.1, 0.15) is 13.2 Å². The molecule has 3 heterocycles. The number of aromatic nitrogens is 2. The predicted molar refractivity (Wildman–Crippen MR) is 79.4 cm³/mol. The van der Waals surface area contributed by atoms with E-state index >= 15 is 0 Å². The quantitative estimate of drug-likeness (QED) is 0.703. The highest BCUT2D eigenvalue weighted by atomic mass is 79.9. The average Bonchev–Trinajstić information content (AvgIpc) is 2.44. The van der Waals surface area contributed by atoms with E-state index in [0.29, 0.717) is 29.3 Å². The Morgan fingerprint density at radius 3 is 2.65 bits per heavy atom. The molecule has 0 saturated carbocycles. The van der Waals surface area contributed by atoms with Gasteiger partial charge in [-0.05, 0) is 31.9 Å². The maximum Gasteiger partial charge on any atom is 0.290 e. The number of aromatic amines is 1. The van der Waals surface area contributed by atoms with Gasteiger partial charge in [0.05, 0.1) is 0 Å². The van der Waals surface area contributed by atoms with Gasteiger partial charge in [0.15, 0.2) is 11.5 Å². The van der Waals surface area contributed by atoms with Gasteiger partial charge in [-0.1, -0.05) is 0 Å². The molecule has 2 N–H and O–H groups in total. The number of nitrogens with one attached hydrogen (secondary N) is 1. The molecule has 0 bridgehead atoms. The van der Waals surface area contributed by atoms with Crippen molar-refractivity contribution in [3.05, 3.63) is 43.8 Å². The molecular formula is C12H10Br2N2O4. The van der Waals surface area contributed by atoms with Crippen LogP contribution >= 0.6 is 31.9 Å². The topological polar surface area (TPSA) is 84.4 Å². The summed E-state index contributed by atoms with van der Waals surface area (Å²) < 4.78 is 12.1. The smallest absolute Gasteiger partial charge is 0.290 e. The lowest BCUT2D eigenvalue weighted by Crippen LogP contribution is -2.16. The van der Waals surface area contributed by atoms with Crippen molar-refractivity contribution in [2.24, 2.45) is 0 Å². The number of halogens is 2. The SMILES string of the molecule is Brc1cnc2c(c1)OCCO2.O=c1[nH]cc(Br)cc1O. The van der Waals surface area contributed by atoms with Crippen molar-refractivity contribution in [3.63, 3.8) is 0 Å². The highest BCUT2D eigenvalue weighted by molar-refractivity contribution is 9.10. The molecule has 0 atom stereocenters. The molecule has 2 aromatic rings. The Kier molecular flexibility index (Phi) is 5.02. The second-order valence-electron chi connectivity index (χ2n) is 3.69. The lowest BCUT2D eigenvalue weighted by Gasteiger charge is -2.16. The molecule has 0 unspecified atom stereocenters. The van der Waals surface area contributed by atoms with Gasteiger partial charge in [-0.2, -0.15) is 0 Å². The van der Waals surface area contributed by atoms with Crippen molar-refractivity contribution < 1.29 is 14.6 Å². The van der Waals surface area contributed by atoms with Crippen LogP contribution in [-0.4, -0.2) is 28.3 Å². The first-order valence-corrected chi connectivity index (χ1v) is 7.13. The largest absolute Gasteiger partial charge is 0.503 e. The minimum atomic E-state index is -0.474. The Balaban J connectivity index is 0.000000151. The predicted octanol–water partition coefficient (Wildman–Crippen LogP) is 2.46. The summed E-state index contributed by atoms with van der Waals surface area (Å²) in [6.45, 7) is 1.19. The molecule has 2 aromatic heterocycles. The molecule has 0 saturated heterocycles. The molecule has 0 spiro atoms. The van der Waals surface area contributed by atoms with Gasteiger partial charge in [0, 0.05) is 33.5 Å². The Morgan fingerprint density at radius 1 is 1.20 bits per heavy atom. The van der Waals surface area contributed by atoms with Crippen molar-refractivity contribution in [1.82, 2.24) is 9.97 Å². The number of rotatable bonds is 0. The van der Waals surface area contributed by atoms with Crippen molar-refractivity contribution in [1.29, 1.82) is 0 Å². The Labute approximate surface area is 131 Å². The Bertz CT molecular complexity index is 660. The van der Waals surface area contributed by atoms with Crippen LogP contribution in [0.4, 0.5) is 0 Å². The first-order chi connectivity index (χ1) is 9.56. The number of aromatic hydroxyl groups is 1. The van der Waals surface area contributed by atoms with Gasteiger partial charge >= 0.3 is 0 Å². The van der Waals surface area contributed by atoms with Gasteiger partial charge < -0.3 is 19.6 Å². The number of pyridine rings is 2. The van der Waals surface area contributed by atoms with E-state index in [9.17, 15) is 4.79 Å². The fourth-order valence-corrected chi connectivity index (χ4v) is 2.00. The zero-order chi connectivity index (χ0) is 14.5. The second-order valence-corrected chi connectivity index (χ2v) is 5.52. The summed E-state index contributed by atoms with van der Waals surface area (Å²) in [4.78, 5) is 16.8. The van der Waals surface area contributed by atoms with E-state index in [2.05, 4.69) is 41.8 Å². The van der Waals surface area contributed by atoms with E-state index in [4.69, 9.17) is 14.6 Å². The molecule has 0 aromatic carbocycles. The van der Waals surface area contributed by atoms with Gasteiger partial charge in [-0.3, -0.25) is 4.79 Å². The summed E-state index contributed by atoms with van der Waals surface area (Å²) in [5.74, 6) is 1.02. The molecule has 20 heavy (non-hydrogen) atoms. The fraction of sp³-hybridized carbons (Fsp3) is 0.167. The van der Waals surface area contributed by atoms with E-state index in [1.165, 1.54) is 12.3 Å². The fourth-order valence-electron chi connectivity index (χ4n) is 1.36. The van der Waals surface area contributed by atoms with Crippen LogP contribution in [-0.2, 0) is 0 Å². The average molecular weight is 406 g/mol. The molecular weight excluding hydrogens is 396 g/mol. The normalized spacial score (nSPS) is 12.3. The van der Waals surface area contributed by atoms with Crippen LogP contribution in [0.5, 0.6) is 17.4 Å². The number of ether oxygens (including phenoxy) is 2. The first kappa shape index (κ1) is 14.9. The Morgan fingerprint density at radius 2 is 1.95 bits per heavy atom. The lowest BCUT2D eigenvalue weighted by molar-refractivity contribution is 0.164. The highest BCUT2D eigenvalue weighted by Gasteiger charge is 2.11. The van der Waals surface area contributed by atoms with Crippen LogP contribution in [0.2, 0.25) is 0 Å². The summed E-state index contributed by atoms with van der Waals surface area (Å²) in [7, 11) is 0.